The first-order chi connectivity index (χ1) is 9.38. The topological polar surface area (TPSA) is 59.2 Å². The van der Waals surface area contributed by atoms with E-state index in [9.17, 15) is 0 Å². The molecule has 0 unspecified atom stereocenters. The number of aromatic nitrogens is 2. The van der Waals surface area contributed by atoms with Gasteiger partial charge in [0.1, 0.15) is 19.0 Å². The second kappa shape index (κ2) is 4.42. The molecule has 2 N–H and O–H groups in total. The molecule has 0 saturated heterocycles. The third kappa shape index (κ3) is 2.26. The molecule has 0 spiro atoms. The highest BCUT2D eigenvalue weighted by Gasteiger charge is 2.20. The van der Waals surface area contributed by atoms with Crippen molar-refractivity contribution >= 4 is 11.0 Å². The third-order valence-electron chi connectivity index (χ3n) is 3.62. The van der Waals surface area contributed by atoms with E-state index in [1.165, 1.54) is 12.8 Å². The standard InChI is InChI=1S/C14H17N3O2/c1-2-9(1)7-15-8-14-16-10-5-12-13(6-11(10)17-14)19-4-3-18-12/h5-6,9,15H,1-4,7-8H2,(H,16,17). The molecule has 1 aromatic carbocycles. The zero-order valence-electron chi connectivity index (χ0n) is 10.7. The van der Waals surface area contributed by atoms with Gasteiger partial charge in [-0.1, -0.05) is 0 Å². The molecule has 1 aromatic heterocycles. The van der Waals surface area contributed by atoms with E-state index in [2.05, 4.69) is 15.3 Å². The highest BCUT2D eigenvalue weighted by molar-refractivity contribution is 5.79. The Bertz CT molecular complexity index is 561. The Kier molecular flexibility index (Phi) is 2.58. The molecule has 0 atom stereocenters. The molecule has 0 amide bonds. The summed E-state index contributed by atoms with van der Waals surface area (Å²) in [6.07, 6.45) is 2.74. The fourth-order valence-electron chi connectivity index (χ4n) is 2.40. The van der Waals surface area contributed by atoms with Gasteiger partial charge in [0.15, 0.2) is 11.5 Å². The summed E-state index contributed by atoms with van der Waals surface area (Å²) < 4.78 is 11.1. The van der Waals surface area contributed by atoms with Crippen molar-refractivity contribution < 1.29 is 9.47 Å². The van der Waals surface area contributed by atoms with Gasteiger partial charge in [0.05, 0.1) is 17.6 Å². The van der Waals surface area contributed by atoms with Crippen LogP contribution in [0.4, 0.5) is 0 Å². The molecule has 2 heterocycles. The molecule has 1 aliphatic heterocycles. The summed E-state index contributed by atoms with van der Waals surface area (Å²) in [5, 5.41) is 3.44. The Labute approximate surface area is 111 Å². The summed E-state index contributed by atoms with van der Waals surface area (Å²) in [5.41, 5.74) is 1.94. The Morgan fingerprint density at radius 1 is 1.21 bits per heavy atom. The minimum Gasteiger partial charge on any atom is -0.486 e. The number of nitrogens with one attached hydrogen (secondary N) is 2. The monoisotopic (exact) mass is 259 g/mol. The maximum atomic E-state index is 5.57. The molecule has 1 aliphatic carbocycles. The van der Waals surface area contributed by atoms with Crippen molar-refractivity contribution in [3.63, 3.8) is 0 Å². The number of benzene rings is 1. The molecule has 0 radical (unpaired) electrons. The van der Waals surface area contributed by atoms with E-state index < -0.39 is 0 Å². The second-order valence-electron chi connectivity index (χ2n) is 5.27. The average molecular weight is 259 g/mol. The molecule has 1 fully saturated rings. The number of imidazole rings is 1. The predicted molar refractivity (Wildman–Crippen MR) is 71.5 cm³/mol. The summed E-state index contributed by atoms with van der Waals surface area (Å²) in [4.78, 5) is 7.92. The maximum absolute atomic E-state index is 5.57. The van der Waals surface area contributed by atoms with Crippen LogP contribution in [-0.4, -0.2) is 29.7 Å². The number of aromatic amines is 1. The van der Waals surface area contributed by atoms with E-state index >= 15 is 0 Å². The van der Waals surface area contributed by atoms with Crippen LogP contribution in [-0.2, 0) is 6.54 Å². The van der Waals surface area contributed by atoms with Crippen molar-refractivity contribution in [3.05, 3.63) is 18.0 Å². The van der Waals surface area contributed by atoms with Gasteiger partial charge < -0.3 is 19.8 Å². The van der Waals surface area contributed by atoms with Crippen LogP contribution in [0.5, 0.6) is 11.5 Å². The van der Waals surface area contributed by atoms with E-state index in [1.807, 2.05) is 12.1 Å². The molecule has 0 bridgehead atoms. The maximum Gasteiger partial charge on any atom is 0.163 e. The minimum atomic E-state index is 0.610. The lowest BCUT2D eigenvalue weighted by atomic mass is 10.2. The molecule has 2 aromatic rings. The normalized spacial score (nSPS) is 17.9. The zero-order chi connectivity index (χ0) is 12.7. The first kappa shape index (κ1) is 11.1. The van der Waals surface area contributed by atoms with Crippen LogP contribution >= 0.6 is 0 Å². The van der Waals surface area contributed by atoms with Crippen molar-refractivity contribution in [3.8, 4) is 11.5 Å². The summed E-state index contributed by atoms with van der Waals surface area (Å²) in [7, 11) is 0. The molecule has 5 heteroatoms. The Hall–Kier alpha value is -1.75. The first-order valence-electron chi connectivity index (χ1n) is 6.87. The van der Waals surface area contributed by atoms with Crippen LogP contribution in [0, 0.1) is 5.92 Å². The number of fused-ring (bicyclic) bond motifs is 2. The van der Waals surface area contributed by atoms with Gasteiger partial charge in [-0.05, 0) is 25.3 Å². The van der Waals surface area contributed by atoms with Crippen LogP contribution in [0.2, 0.25) is 0 Å². The molecule has 4 rings (SSSR count). The van der Waals surface area contributed by atoms with Gasteiger partial charge in [0.2, 0.25) is 0 Å². The number of hydrogen-bond donors (Lipinski definition) is 2. The van der Waals surface area contributed by atoms with Crippen molar-refractivity contribution in [2.45, 2.75) is 19.4 Å². The Balaban J connectivity index is 1.55. The predicted octanol–water partition coefficient (Wildman–Crippen LogP) is 1.83. The fraction of sp³-hybridized carbons (Fsp3) is 0.500. The molecule has 1 saturated carbocycles. The number of rotatable bonds is 4. The van der Waals surface area contributed by atoms with Gasteiger partial charge >= 0.3 is 0 Å². The van der Waals surface area contributed by atoms with E-state index in [4.69, 9.17) is 9.47 Å². The SMILES string of the molecule is c1c2c(cc3[nH]c(CNCC4CC4)nc13)OCCO2. The van der Waals surface area contributed by atoms with E-state index in [-0.39, 0.29) is 0 Å². The van der Waals surface area contributed by atoms with Gasteiger partial charge in [0, 0.05) is 12.1 Å². The lowest BCUT2D eigenvalue weighted by Crippen LogP contribution is -2.16. The van der Waals surface area contributed by atoms with Crippen LogP contribution < -0.4 is 14.8 Å². The molecular weight excluding hydrogens is 242 g/mol. The molecular formula is C14H17N3O2. The van der Waals surface area contributed by atoms with E-state index in [0.717, 1.165) is 47.4 Å². The van der Waals surface area contributed by atoms with Gasteiger partial charge in [-0.15, -0.1) is 0 Å². The summed E-state index contributed by atoms with van der Waals surface area (Å²) in [6, 6.07) is 3.92. The smallest absolute Gasteiger partial charge is 0.163 e. The highest BCUT2D eigenvalue weighted by Crippen LogP contribution is 2.33. The third-order valence-corrected chi connectivity index (χ3v) is 3.62. The van der Waals surface area contributed by atoms with E-state index in [0.29, 0.717) is 13.2 Å². The second-order valence-corrected chi connectivity index (χ2v) is 5.27. The lowest BCUT2D eigenvalue weighted by molar-refractivity contribution is 0.172. The van der Waals surface area contributed by atoms with Gasteiger partial charge in [-0.25, -0.2) is 4.98 Å². The highest BCUT2D eigenvalue weighted by atomic mass is 16.6. The van der Waals surface area contributed by atoms with Crippen LogP contribution in [0.3, 0.4) is 0 Å². The van der Waals surface area contributed by atoms with Gasteiger partial charge in [0.25, 0.3) is 0 Å². The van der Waals surface area contributed by atoms with Crippen molar-refractivity contribution in [2.75, 3.05) is 19.8 Å². The van der Waals surface area contributed by atoms with Crippen molar-refractivity contribution in [1.82, 2.24) is 15.3 Å². The molecule has 100 valence electrons. The van der Waals surface area contributed by atoms with Gasteiger partial charge in [-0.3, -0.25) is 0 Å². The first-order valence-corrected chi connectivity index (χ1v) is 6.87. The summed E-state index contributed by atoms with van der Waals surface area (Å²) in [5.74, 6) is 3.46. The summed E-state index contributed by atoms with van der Waals surface area (Å²) in [6.45, 7) is 3.11. The Morgan fingerprint density at radius 2 is 2.00 bits per heavy atom. The van der Waals surface area contributed by atoms with E-state index in [1.54, 1.807) is 0 Å². The van der Waals surface area contributed by atoms with Crippen LogP contribution in [0.25, 0.3) is 11.0 Å². The number of nitrogens with zero attached hydrogens (tertiary/aromatic N) is 1. The fourth-order valence-corrected chi connectivity index (χ4v) is 2.40. The largest absolute Gasteiger partial charge is 0.486 e. The molecule has 2 aliphatic rings. The number of hydrogen-bond acceptors (Lipinski definition) is 4. The van der Waals surface area contributed by atoms with Crippen molar-refractivity contribution in [1.29, 1.82) is 0 Å². The zero-order valence-corrected chi connectivity index (χ0v) is 10.7. The number of ether oxygens (including phenoxy) is 2. The van der Waals surface area contributed by atoms with Gasteiger partial charge in [-0.2, -0.15) is 0 Å². The van der Waals surface area contributed by atoms with Crippen molar-refractivity contribution in [2.24, 2.45) is 5.92 Å². The number of H-pyrrole nitrogens is 1. The molecule has 19 heavy (non-hydrogen) atoms. The Morgan fingerprint density at radius 3 is 2.79 bits per heavy atom. The quantitative estimate of drug-likeness (QED) is 0.879. The van der Waals surface area contributed by atoms with Crippen LogP contribution in [0.1, 0.15) is 18.7 Å². The average Bonchev–Trinajstić information content (AvgIpc) is 3.16. The lowest BCUT2D eigenvalue weighted by Gasteiger charge is -2.17. The summed E-state index contributed by atoms with van der Waals surface area (Å²) >= 11 is 0. The van der Waals surface area contributed by atoms with Crippen LogP contribution in [0.15, 0.2) is 12.1 Å². The minimum absolute atomic E-state index is 0.610. The molecule has 5 nitrogen and oxygen atoms in total.